The Labute approximate surface area is 106 Å². The van der Waals surface area contributed by atoms with E-state index in [1.165, 1.54) is 11.8 Å². The number of hydrogen-bond donors (Lipinski definition) is 0. The lowest BCUT2D eigenvalue weighted by Gasteiger charge is -2.17. The van der Waals surface area contributed by atoms with Crippen molar-refractivity contribution in [3.63, 3.8) is 0 Å². The molecule has 0 amide bonds. The highest BCUT2D eigenvalue weighted by Crippen LogP contribution is 2.18. The summed E-state index contributed by atoms with van der Waals surface area (Å²) in [7, 11) is 0. The van der Waals surface area contributed by atoms with Crippen LogP contribution in [0.4, 0.5) is 0 Å². The summed E-state index contributed by atoms with van der Waals surface area (Å²) in [6.07, 6.45) is 2.28. The number of carbonyl (C=O) groups excluding carboxylic acids is 1. The molecule has 0 aromatic heterocycles. The second kappa shape index (κ2) is 7.09. The fourth-order valence-corrected chi connectivity index (χ4v) is 2.50. The number of hydroxylamine groups is 2. The maximum Gasteiger partial charge on any atom is 0.319 e. The highest BCUT2D eigenvalue weighted by atomic mass is 32.2. The summed E-state index contributed by atoms with van der Waals surface area (Å²) in [5, 5.41) is 1.53. The van der Waals surface area contributed by atoms with Gasteiger partial charge in [0.25, 0.3) is 0 Å². The molecule has 1 aliphatic heterocycles. The molecule has 1 atom stereocenters. The van der Waals surface area contributed by atoms with E-state index in [-0.39, 0.29) is 11.2 Å². The van der Waals surface area contributed by atoms with Crippen molar-refractivity contribution in [2.24, 2.45) is 0 Å². The van der Waals surface area contributed by atoms with Gasteiger partial charge in [0, 0.05) is 13.1 Å². The van der Waals surface area contributed by atoms with E-state index in [1.54, 1.807) is 13.8 Å². The van der Waals surface area contributed by atoms with E-state index < -0.39 is 0 Å². The molecule has 1 unspecified atom stereocenters. The molecule has 4 nitrogen and oxygen atoms in total. The third-order valence-electron chi connectivity index (χ3n) is 2.16. The van der Waals surface area contributed by atoms with Crippen molar-refractivity contribution in [1.82, 2.24) is 5.06 Å². The third-order valence-corrected chi connectivity index (χ3v) is 3.34. The zero-order chi connectivity index (χ0) is 12.0. The predicted molar refractivity (Wildman–Crippen MR) is 68.2 cm³/mol. The lowest BCUT2D eigenvalue weighted by molar-refractivity contribution is -0.142. The molecule has 16 heavy (non-hydrogen) atoms. The first-order chi connectivity index (χ1) is 7.63. The van der Waals surface area contributed by atoms with Crippen LogP contribution in [0.3, 0.4) is 0 Å². The van der Waals surface area contributed by atoms with Gasteiger partial charge in [0.1, 0.15) is 5.25 Å². The summed E-state index contributed by atoms with van der Waals surface area (Å²) in [6, 6.07) is 0. The van der Waals surface area contributed by atoms with E-state index >= 15 is 0 Å². The highest BCUT2D eigenvalue weighted by Gasteiger charge is 2.20. The summed E-state index contributed by atoms with van der Waals surface area (Å²) < 4.78 is 5.28. The molecule has 0 radical (unpaired) electrons. The Kier molecular flexibility index (Phi) is 6.08. The fourth-order valence-electron chi connectivity index (χ4n) is 1.36. The van der Waals surface area contributed by atoms with Gasteiger partial charge in [-0.15, -0.1) is 5.06 Å². The first-order valence-corrected chi connectivity index (χ1v) is 6.72. The van der Waals surface area contributed by atoms with Gasteiger partial charge >= 0.3 is 5.97 Å². The number of carbonyl (C=O) groups is 1. The molecule has 0 saturated carbocycles. The lowest BCUT2D eigenvalue weighted by Crippen LogP contribution is -2.24. The second-order valence-electron chi connectivity index (χ2n) is 3.49. The van der Waals surface area contributed by atoms with Gasteiger partial charge < -0.3 is 9.57 Å². The van der Waals surface area contributed by atoms with Gasteiger partial charge in [-0.3, -0.25) is 4.79 Å². The normalized spacial score (nSPS) is 18.1. The fraction of sp³-hybridized carbons (Fsp3) is 0.800. The van der Waals surface area contributed by atoms with Crippen molar-refractivity contribution in [2.45, 2.75) is 31.9 Å². The Balaban J connectivity index is 2.24. The van der Waals surface area contributed by atoms with Crippen LogP contribution in [-0.4, -0.2) is 40.4 Å². The minimum atomic E-state index is -0.310. The van der Waals surface area contributed by atoms with Crippen LogP contribution in [-0.2, 0) is 14.4 Å². The molecule has 92 valence electrons. The zero-order valence-electron chi connectivity index (χ0n) is 9.60. The van der Waals surface area contributed by atoms with Crippen molar-refractivity contribution in [2.75, 3.05) is 19.7 Å². The molecule has 0 aromatic rings. The van der Waals surface area contributed by atoms with Crippen molar-refractivity contribution in [1.29, 1.82) is 0 Å². The smallest absolute Gasteiger partial charge is 0.319 e. The van der Waals surface area contributed by atoms with Crippen LogP contribution in [0.2, 0.25) is 0 Å². The van der Waals surface area contributed by atoms with E-state index in [0.29, 0.717) is 11.0 Å². The largest absolute Gasteiger partial charge is 0.465 e. The minimum Gasteiger partial charge on any atom is -0.465 e. The minimum absolute atomic E-state index is 0.250. The van der Waals surface area contributed by atoms with Crippen molar-refractivity contribution >= 4 is 34.3 Å². The van der Waals surface area contributed by atoms with Crippen LogP contribution in [0, 0.1) is 0 Å². The monoisotopic (exact) mass is 263 g/mol. The Morgan fingerprint density at radius 1 is 1.50 bits per heavy atom. The Bertz CT molecular complexity index is 254. The maximum atomic E-state index is 11.3. The molecular weight excluding hydrogens is 246 g/mol. The summed E-state index contributed by atoms with van der Waals surface area (Å²) >= 11 is 6.29. The SMILES string of the molecule is CCOC(=O)C(C)SC(=S)ON1CCCC1. The van der Waals surface area contributed by atoms with E-state index in [2.05, 4.69) is 0 Å². The van der Waals surface area contributed by atoms with E-state index in [4.69, 9.17) is 21.8 Å². The summed E-state index contributed by atoms with van der Waals surface area (Å²) in [6.45, 7) is 5.77. The molecule has 1 saturated heterocycles. The standard InChI is InChI=1S/C10H17NO3S2/c1-3-13-9(12)8(2)16-10(15)14-11-6-4-5-7-11/h8H,3-7H2,1-2H3. The van der Waals surface area contributed by atoms with Gasteiger partial charge in [-0.1, -0.05) is 11.8 Å². The van der Waals surface area contributed by atoms with Crippen LogP contribution >= 0.6 is 24.0 Å². The molecule has 6 heteroatoms. The molecule has 1 fully saturated rings. The molecular formula is C10H17NO3S2. The average molecular weight is 263 g/mol. The zero-order valence-corrected chi connectivity index (χ0v) is 11.2. The maximum absolute atomic E-state index is 11.3. The first kappa shape index (κ1) is 13.7. The number of thioether (sulfide) groups is 1. The van der Waals surface area contributed by atoms with Gasteiger partial charge in [-0.05, 0) is 38.9 Å². The second-order valence-corrected chi connectivity index (χ2v) is 5.43. The predicted octanol–water partition coefficient (Wildman–Crippen LogP) is 1.98. The number of thiocarbonyl (C=S) groups is 1. The van der Waals surface area contributed by atoms with Gasteiger partial charge in [0.05, 0.1) is 6.61 Å². The molecule has 0 aromatic carbocycles. The molecule has 0 bridgehead atoms. The number of rotatable bonds is 4. The van der Waals surface area contributed by atoms with Crippen LogP contribution in [0.15, 0.2) is 0 Å². The number of ether oxygens (including phenoxy) is 1. The average Bonchev–Trinajstić information content (AvgIpc) is 2.70. The summed E-state index contributed by atoms with van der Waals surface area (Å²) in [5.41, 5.74) is 0. The van der Waals surface area contributed by atoms with Gasteiger partial charge in [-0.2, -0.15) is 0 Å². The van der Waals surface area contributed by atoms with Crippen LogP contribution < -0.4 is 0 Å². The molecule has 0 spiro atoms. The topological polar surface area (TPSA) is 38.8 Å². The summed E-state index contributed by atoms with van der Waals surface area (Å²) in [5.74, 6) is -0.250. The molecule has 1 aliphatic rings. The number of nitrogens with zero attached hydrogens (tertiary/aromatic N) is 1. The third kappa shape index (κ3) is 4.67. The Morgan fingerprint density at radius 2 is 2.12 bits per heavy atom. The van der Waals surface area contributed by atoms with E-state index in [0.717, 1.165) is 25.9 Å². The van der Waals surface area contributed by atoms with Crippen LogP contribution in [0.5, 0.6) is 0 Å². The van der Waals surface area contributed by atoms with Crippen LogP contribution in [0.1, 0.15) is 26.7 Å². The van der Waals surface area contributed by atoms with E-state index in [9.17, 15) is 4.79 Å². The molecule has 0 N–H and O–H groups in total. The van der Waals surface area contributed by atoms with Crippen LogP contribution in [0.25, 0.3) is 0 Å². The summed E-state index contributed by atoms with van der Waals surface area (Å²) in [4.78, 5) is 16.8. The van der Waals surface area contributed by atoms with Gasteiger partial charge in [-0.25, -0.2) is 0 Å². The van der Waals surface area contributed by atoms with E-state index in [1.807, 2.05) is 5.06 Å². The molecule has 1 heterocycles. The van der Waals surface area contributed by atoms with Gasteiger partial charge in [0.2, 0.25) is 4.38 Å². The highest BCUT2D eigenvalue weighted by molar-refractivity contribution is 8.23. The quantitative estimate of drug-likeness (QED) is 0.570. The Hall–Kier alpha value is -0.330. The molecule has 1 rings (SSSR count). The van der Waals surface area contributed by atoms with Crippen molar-refractivity contribution < 1.29 is 14.4 Å². The molecule has 0 aliphatic carbocycles. The first-order valence-electron chi connectivity index (χ1n) is 5.43. The van der Waals surface area contributed by atoms with Gasteiger partial charge in [0.15, 0.2) is 0 Å². The lowest BCUT2D eigenvalue weighted by atomic mass is 10.4. The van der Waals surface area contributed by atoms with Crippen molar-refractivity contribution in [3.8, 4) is 0 Å². The Morgan fingerprint density at radius 3 is 2.69 bits per heavy atom. The number of hydrogen-bond acceptors (Lipinski definition) is 6. The number of esters is 1. The van der Waals surface area contributed by atoms with Crippen molar-refractivity contribution in [3.05, 3.63) is 0 Å².